The fourth-order valence-electron chi connectivity index (χ4n) is 1.11. The number of likely N-dealkylation sites (N-methyl/N-ethyl adjacent to an activating group) is 1. The van der Waals surface area contributed by atoms with Gasteiger partial charge in [-0.15, -0.1) is 0 Å². The van der Waals surface area contributed by atoms with E-state index >= 15 is 0 Å². The maximum atomic E-state index is 5.46. The van der Waals surface area contributed by atoms with Gasteiger partial charge in [-0.1, -0.05) is 0 Å². The van der Waals surface area contributed by atoms with Crippen LogP contribution in [0.4, 0.5) is 5.82 Å². The molecule has 1 N–H and O–H groups in total. The number of aromatic nitrogens is 1. The summed E-state index contributed by atoms with van der Waals surface area (Å²) >= 11 is 3.43. The lowest BCUT2D eigenvalue weighted by Gasteiger charge is -2.10. The summed E-state index contributed by atoms with van der Waals surface area (Å²) in [6, 6.07) is 3.85. The normalized spacial score (nSPS) is 10.8. The maximum Gasteiger partial charge on any atom is 0.140 e. The largest absolute Gasteiger partial charge is 0.378 e. The van der Waals surface area contributed by atoms with E-state index in [1.807, 2.05) is 26.2 Å². The van der Waals surface area contributed by atoms with Crippen molar-refractivity contribution in [2.45, 2.75) is 0 Å². The average molecular weight is 288 g/mol. The third kappa shape index (κ3) is 5.44. The lowest BCUT2D eigenvalue weighted by molar-refractivity contribution is 0.126. The van der Waals surface area contributed by atoms with Gasteiger partial charge in [0.05, 0.1) is 17.7 Å². The van der Waals surface area contributed by atoms with Crippen LogP contribution in [0.15, 0.2) is 22.8 Å². The van der Waals surface area contributed by atoms with Gasteiger partial charge in [-0.2, -0.15) is 0 Å². The van der Waals surface area contributed by atoms with Gasteiger partial charge in [-0.25, -0.2) is 4.98 Å². The van der Waals surface area contributed by atoms with Crippen molar-refractivity contribution in [3.63, 3.8) is 0 Å². The number of nitrogens with one attached hydrogen (secondary N) is 1. The fourth-order valence-corrected chi connectivity index (χ4v) is 1.50. The minimum absolute atomic E-state index is 0.691. The topological polar surface area (TPSA) is 37.4 Å². The molecule has 0 spiro atoms. The van der Waals surface area contributed by atoms with Crippen molar-refractivity contribution in [3.05, 3.63) is 22.8 Å². The second-order valence-electron chi connectivity index (χ2n) is 3.68. The van der Waals surface area contributed by atoms with Gasteiger partial charge in [-0.05, 0) is 42.2 Å². The highest BCUT2D eigenvalue weighted by Gasteiger charge is 1.98. The highest BCUT2D eigenvalue weighted by Crippen LogP contribution is 2.17. The average Bonchev–Trinajstić information content (AvgIpc) is 2.25. The summed E-state index contributed by atoms with van der Waals surface area (Å²) in [6.07, 6.45) is 1.76. The first-order chi connectivity index (χ1) is 7.70. The Kier molecular flexibility index (Phi) is 6.37. The van der Waals surface area contributed by atoms with Gasteiger partial charge in [0.15, 0.2) is 0 Å². The SMILES string of the molecule is CN(C)CCOCCNc1ncccc1Br. The van der Waals surface area contributed by atoms with Crippen LogP contribution >= 0.6 is 15.9 Å². The molecule has 0 aliphatic rings. The quantitative estimate of drug-likeness (QED) is 0.777. The number of hydrogen-bond donors (Lipinski definition) is 1. The van der Waals surface area contributed by atoms with Crippen LogP contribution < -0.4 is 5.32 Å². The Morgan fingerprint density at radius 3 is 2.94 bits per heavy atom. The Hall–Kier alpha value is -0.650. The number of halogens is 1. The van der Waals surface area contributed by atoms with E-state index in [4.69, 9.17) is 4.74 Å². The molecule has 0 aromatic carbocycles. The molecule has 90 valence electrons. The Morgan fingerprint density at radius 2 is 2.25 bits per heavy atom. The molecule has 1 aromatic heterocycles. The zero-order valence-corrected chi connectivity index (χ0v) is 11.3. The molecule has 1 rings (SSSR count). The van der Waals surface area contributed by atoms with Crippen LogP contribution in [0.3, 0.4) is 0 Å². The summed E-state index contributed by atoms with van der Waals surface area (Å²) in [6.45, 7) is 3.17. The van der Waals surface area contributed by atoms with Gasteiger partial charge >= 0.3 is 0 Å². The second kappa shape index (κ2) is 7.60. The molecule has 0 radical (unpaired) electrons. The second-order valence-corrected chi connectivity index (χ2v) is 4.53. The third-order valence-corrected chi connectivity index (χ3v) is 2.62. The maximum absolute atomic E-state index is 5.46. The standard InChI is InChI=1S/C11H18BrN3O/c1-15(2)7-9-16-8-6-14-11-10(12)4-3-5-13-11/h3-5H,6-9H2,1-2H3,(H,13,14). The minimum Gasteiger partial charge on any atom is -0.378 e. The number of rotatable bonds is 7. The Morgan fingerprint density at radius 1 is 1.44 bits per heavy atom. The highest BCUT2D eigenvalue weighted by atomic mass is 79.9. The molecule has 4 nitrogen and oxygen atoms in total. The van der Waals surface area contributed by atoms with E-state index < -0.39 is 0 Å². The molecule has 1 aromatic rings. The molecular weight excluding hydrogens is 270 g/mol. The third-order valence-electron chi connectivity index (χ3n) is 1.98. The number of pyridine rings is 1. The number of hydrogen-bond acceptors (Lipinski definition) is 4. The van der Waals surface area contributed by atoms with Crippen LogP contribution in [0, 0.1) is 0 Å². The molecule has 0 bridgehead atoms. The zero-order valence-electron chi connectivity index (χ0n) is 9.74. The monoisotopic (exact) mass is 287 g/mol. The number of ether oxygens (including phenoxy) is 1. The molecule has 0 saturated carbocycles. The van der Waals surface area contributed by atoms with E-state index in [2.05, 4.69) is 31.1 Å². The summed E-state index contributed by atoms with van der Waals surface area (Å²) in [4.78, 5) is 6.30. The van der Waals surface area contributed by atoms with E-state index in [0.717, 1.165) is 30.0 Å². The van der Waals surface area contributed by atoms with Crippen molar-refractivity contribution in [3.8, 4) is 0 Å². The Balaban J connectivity index is 2.10. The molecule has 0 aliphatic heterocycles. The lowest BCUT2D eigenvalue weighted by Crippen LogP contribution is -2.20. The van der Waals surface area contributed by atoms with Gasteiger partial charge in [0.1, 0.15) is 5.82 Å². The van der Waals surface area contributed by atoms with Gasteiger partial charge < -0.3 is 15.0 Å². The molecule has 0 unspecified atom stereocenters. The molecule has 0 saturated heterocycles. The summed E-state index contributed by atoms with van der Waals surface area (Å²) in [5.41, 5.74) is 0. The van der Waals surface area contributed by atoms with E-state index in [1.54, 1.807) is 6.20 Å². The Labute approximate surface area is 105 Å². The summed E-state index contributed by atoms with van der Waals surface area (Å²) in [5.74, 6) is 0.860. The molecule has 5 heteroatoms. The van der Waals surface area contributed by atoms with Crippen molar-refractivity contribution in [1.82, 2.24) is 9.88 Å². The van der Waals surface area contributed by atoms with E-state index in [-0.39, 0.29) is 0 Å². The molecule has 1 heterocycles. The first-order valence-electron chi connectivity index (χ1n) is 5.27. The number of nitrogens with zero attached hydrogens (tertiary/aromatic N) is 2. The summed E-state index contributed by atoms with van der Waals surface area (Å²) < 4.78 is 6.43. The van der Waals surface area contributed by atoms with Crippen molar-refractivity contribution >= 4 is 21.7 Å². The van der Waals surface area contributed by atoms with Crippen molar-refractivity contribution in [1.29, 1.82) is 0 Å². The first-order valence-corrected chi connectivity index (χ1v) is 6.06. The van der Waals surface area contributed by atoms with Crippen molar-refractivity contribution < 1.29 is 4.74 Å². The molecule has 0 amide bonds. The van der Waals surface area contributed by atoms with E-state index in [0.29, 0.717) is 6.61 Å². The van der Waals surface area contributed by atoms with Crippen LogP contribution in [0.1, 0.15) is 0 Å². The predicted octanol–water partition coefficient (Wildman–Crippen LogP) is 1.83. The fraction of sp³-hybridized carbons (Fsp3) is 0.545. The Bertz CT molecular complexity index is 307. The zero-order chi connectivity index (χ0) is 11.8. The van der Waals surface area contributed by atoms with E-state index in [9.17, 15) is 0 Å². The summed E-state index contributed by atoms with van der Waals surface area (Å²) in [7, 11) is 4.07. The van der Waals surface area contributed by atoms with E-state index in [1.165, 1.54) is 0 Å². The van der Waals surface area contributed by atoms with Crippen LogP contribution in [0.5, 0.6) is 0 Å². The number of anilines is 1. The smallest absolute Gasteiger partial charge is 0.140 e. The van der Waals surface area contributed by atoms with Crippen molar-refractivity contribution in [2.24, 2.45) is 0 Å². The first kappa shape index (κ1) is 13.4. The molecular formula is C11H18BrN3O. The highest BCUT2D eigenvalue weighted by molar-refractivity contribution is 9.10. The predicted molar refractivity (Wildman–Crippen MR) is 69.8 cm³/mol. The van der Waals surface area contributed by atoms with Gasteiger partial charge in [0.2, 0.25) is 0 Å². The van der Waals surface area contributed by atoms with Crippen LogP contribution in [0.25, 0.3) is 0 Å². The van der Waals surface area contributed by atoms with Gasteiger partial charge in [-0.3, -0.25) is 0 Å². The summed E-state index contributed by atoms with van der Waals surface area (Å²) in [5, 5.41) is 3.20. The molecule has 0 atom stereocenters. The molecule has 0 aliphatic carbocycles. The molecule has 16 heavy (non-hydrogen) atoms. The van der Waals surface area contributed by atoms with Gasteiger partial charge in [0.25, 0.3) is 0 Å². The van der Waals surface area contributed by atoms with Crippen molar-refractivity contribution in [2.75, 3.05) is 45.7 Å². The molecule has 0 fully saturated rings. The van der Waals surface area contributed by atoms with Gasteiger partial charge in [0, 0.05) is 19.3 Å². The lowest BCUT2D eigenvalue weighted by atomic mass is 10.4. The van der Waals surface area contributed by atoms with Crippen LogP contribution in [-0.2, 0) is 4.74 Å². The van der Waals surface area contributed by atoms with Crippen LogP contribution in [-0.4, -0.2) is 50.3 Å². The van der Waals surface area contributed by atoms with Crippen LogP contribution in [0.2, 0.25) is 0 Å². The minimum atomic E-state index is 0.691.